The van der Waals surface area contributed by atoms with Gasteiger partial charge in [-0.15, -0.1) is 0 Å². The number of carbonyl (C=O) groups excluding carboxylic acids is 1. The summed E-state index contributed by atoms with van der Waals surface area (Å²) in [5, 5.41) is 23.2. The molecule has 0 radical (unpaired) electrons. The predicted molar refractivity (Wildman–Crippen MR) is 163 cm³/mol. The van der Waals surface area contributed by atoms with Crippen LogP contribution in [-0.4, -0.2) is 67.7 Å². The summed E-state index contributed by atoms with van der Waals surface area (Å²) >= 11 is 0. The maximum absolute atomic E-state index is 11.9. The summed E-state index contributed by atoms with van der Waals surface area (Å²) in [6.07, 6.45) is 22.7. The van der Waals surface area contributed by atoms with E-state index in [0.717, 1.165) is 110 Å². The Hall–Kier alpha value is -2.34. The van der Waals surface area contributed by atoms with E-state index in [2.05, 4.69) is 27.4 Å². The number of carboxylic acid groups (broad SMARTS) is 1. The normalized spacial score (nSPS) is 11.4. The van der Waals surface area contributed by atoms with E-state index in [1.54, 1.807) is 7.05 Å². The fourth-order valence-corrected chi connectivity index (χ4v) is 4.67. The highest BCUT2D eigenvalue weighted by molar-refractivity contribution is 5.80. The van der Waals surface area contributed by atoms with Gasteiger partial charge < -0.3 is 20.1 Å². The van der Waals surface area contributed by atoms with Gasteiger partial charge in [-0.05, 0) is 58.2 Å². The lowest BCUT2D eigenvalue weighted by Crippen LogP contribution is -2.36. The van der Waals surface area contributed by atoms with E-state index in [4.69, 9.17) is 15.1 Å². The second-order valence-corrected chi connectivity index (χ2v) is 10.7. The number of rotatable bonds is 28. The third kappa shape index (κ3) is 27.2. The first kappa shape index (κ1) is 37.7. The summed E-state index contributed by atoms with van der Waals surface area (Å²) in [5.41, 5.74) is 0. The van der Waals surface area contributed by atoms with Crippen LogP contribution >= 0.6 is 0 Å². The SMILES string of the molecule is CCCCCCCCCOC(=O)CCCCCCCN(CCCCCCCC(=O)O)CCCNC(=NC)NC#N. The average Bonchev–Trinajstić information content (AvgIpc) is 2.94. The number of ether oxygens (including phenoxy) is 1. The van der Waals surface area contributed by atoms with E-state index < -0.39 is 5.97 Å². The molecule has 0 aliphatic rings. The highest BCUT2D eigenvalue weighted by atomic mass is 16.5. The van der Waals surface area contributed by atoms with E-state index in [1.807, 2.05) is 6.19 Å². The molecule has 0 saturated heterocycles. The van der Waals surface area contributed by atoms with E-state index in [0.29, 0.717) is 19.0 Å². The Kier molecular flexibility index (Phi) is 27.9. The molecular formula is C31H59N5O4. The first-order valence-corrected chi connectivity index (χ1v) is 16.0. The Morgan fingerprint density at radius 1 is 0.775 bits per heavy atom. The molecule has 232 valence electrons. The topological polar surface area (TPSA) is 127 Å². The highest BCUT2D eigenvalue weighted by Gasteiger charge is 2.07. The van der Waals surface area contributed by atoms with Crippen LogP contribution in [0.25, 0.3) is 0 Å². The third-order valence-electron chi connectivity index (χ3n) is 7.07. The fraction of sp³-hybridized carbons (Fsp3) is 0.871. The number of nitrogens with one attached hydrogen (secondary N) is 2. The molecule has 0 atom stereocenters. The minimum atomic E-state index is -0.709. The smallest absolute Gasteiger partial charge is 0.305 e. The van der Waals surface area contributed by atoms with Crippen LogP contribution in [0, 0.1) is 11.5 Å². The molecule has 40 heavy (non-hydrogen) atoms. The van der Waals surface area contributed by atoms with Crippen molar-refractivity contribution in [3.8, 4) is 6.19 Å². The number of carboxylic acids is 1. The first-order valence-electron chi connectivity index (χ1n) is 16.0. The number of unbranched alkanes of at least 4 members (excludes halogenated alkanes) is 14. The molecule has 0 saturated carbocycles. The molecule has 0 aliphatic heterocycles. The van der Waals surface area contributed by atoms with Crippen molar-refractivity contribution in [1.82, 2.24) is 15.5 Å². The van der Waals surface area contributed by atoms with Crippen molar-refractivity contribution >= 4 is 17.9 Å². The number of aliphatic imine (C=N–C) groups is 1. The fourth-order valence-electron chi connectivity index (χ4n) is 4.67. The average molecular weight is 566 g/mol. The number of carbonyl (C=O) groups is 2. The van der Waals surface area contributed by atoms with Gasteiger partial charge in [0.1, 0.15) is 0 Å². The van der Waals surface area contributed by atoms with Gasteiger partial charge in [0.05, 0.1) is 6.61 Å². The van der Waals surface area contributed by atoms with Gasteiger partial charge in [0.25, 0.3) is 0 Å². The van der Waals surface area contributed by atoms with Crippen LogP contribution in [0.4, 0.5) is 0 Å². The molecule has 0 aromatic heterocycles. The van der Waals surface area contributed by atoms with Crippen molar-refractivity contribution in [2.75, 3.05) is 39.8 Å². The summed E-state index contributed by atoms with van der Waals surface area (Å²) < 4.78 is 5.39. The van der Waals surface area contributed by atoms with Gasteiger partial charge in [0, 0.05) is 26.4 Å². The summed E-state index contributed by atoms with van der Waals surface area (Å²) in [6, 6.07) is 0. The highest BCUT2D eigenvalue weighted by Crippen LogP contribution is 2.11. The van der Waals surface area contributed by atoms with Crippen LogP contribution in [0.1, 0.15) is 135 Å². The Morgan fingerprint density at radius 3 is 1.88 bits per heavy atom. The predicted octanol–water partition coefficient (Wildman–Crippen LogP) is 6.38. The molecule has 0 aliphatic carbocycles. The molecule has 0 rings (SSSR count). The maximum atomic E-state index is 11.9. The molecule has 0 spiro atoms. The van der Waals surface area contributed by atoms with E-state index >= 15 is 0 Å². The van der Waals surface area contributed by atoms with Crippen LogP contribution < -0.4 is 10.6 Å². The number of nitrogens with zero attached hydrogens (tertiary/aromatic N) is 3. The number of guanidine groups is 1. The zero-order valence-corrected chi connectivity index (χ0v) is 25.7. The zero-order valence-electron chi connectivity index (χ0n) is 25.7. The van der Waals surface area contributed by atoms with E-state index in [9.17, 15) is 9.59 Å². The van der Waals surface area contributed by atoms with Crippen molar-refractivity contribution in [3.63, 3.8) is 0 Å². The van der Waals surface area contributed by atoms with Gasteiger partial charge in [0.2, 0.25) is 5.96 Å². The Bertz CT molecular complexity index is 681. The quantitative estimate of drug-likeness (QED) is 0.0249. The van der Waals surface area contributed by atoms with E-state index in [-0.39, 0.29) is 12.4 Å². The molecule has 0 fully saturated rings. The van der Waals surface area contributed by atoms with Crippen molar-refractivity contribution < 1.29 is 19.4 Å². The molecule has 9 nitrogen and oxygen atoms in total. The van der Waals surface area contributed by atoms with Gasteiger partial charge in [0.15, 0.2) is 6.19 Å². The summed E-state index contributed by atoms with van der Waals surface area (Å²) in [7, 11) is 1.65. The Morgan fingerprint density at radius 2 is 1.30 bits per heavy atom. The van der Waals surface area contributed by atoms with E-state index in [1.165, 1.54) is 32.1 Å². The number of hydrogen-bond donors (Lipinski definition) is 3. The summed E-state index contributed by atoms with van der Waals surface area (Å²) in [6.45, 7) is 6.65. The molecule has 0 aromatic carbocycles. The van der Waals surface area contributed by atoms with Crippen LogP contribution in [0.5, 0.6) is 0 Å². The standard InChI is InChI=1S/C31H59N5O4/c1-3-4-5-6-7-14-19-27-40-30(39)22-16-11-9-13-18-25-36(24-17-12-8-10-15-21-29(37)38)26-20-23-34-31(33-2)35-28-32/h3-27H2,1-2H3,(H,37,38)(H2,33,34,35). The number of esters is 1. The number of hydrogen-bond acceptors (Lipinski definition) is 6. The first-order chi connectivity index (χ1) is 19.5. The molecular weight excluding hydrogens is 506 g/mol. The van der Waals surface area contributed by atoms with Gasteiger partial charge in [-0.2, -0.15) is 5.26 Å². The summed E-state index contributed by atoms with van der Waals surface area (Å²) in [4.78, 5) is 29.1. The number of aliphatic carboxylic acids is 1. The van der Waals surface area contributed by atoms with Crippen molar-refractivity contribution in [2.45, 2.75) is 135 Å². The van der Waals surface area contributed by atoms with Crippen molar-refractivity contribution in [3.05, 3.63) is 0 Å². The lowest BCUT2D eigenvalue weighted by atomic mass is 10.1. The second kappa shape index (κ2) is 29.6. The molecule has 0 bridgehead atoms. The monoisotopic (exact) mass is 565 g/mol. The van der Waals surface area contributed by atoms with Gasteiger partial charge in [-0.1, -0.05) is 84.0 Å². The molecule has 0 aromatic rings. The molecule has 0 amide bonds. The molecule has 9 heteroatoms. The Balaban J connectivity index is 4.00. The summed E-state index contributed by atoms with van der Waals surface area (Å²) in [5.74, 6) is -0.258. The molecule has 0 heterocycles. The van der Waals surface area contributed by atoms with Crippen LogP contribution in [-0.2, 0) is 14.3 Å². The lowest BCUT2D eigenvalue weighted by molar-refractivity contribution is -0.144. The lowest BCUT2D eigenvalue weighted by Gasteiger charge is -2.22. The van der Waals surface area contributed by atoms with Gasteiger partial charge in [-0.3, -0.25) is 19.9 Å². The molecule has 3 N–H and O–H groups in total. The Labute approximate surface area is 244 Å². The number of nitriles is 1. The third-order valence-corrected chi connectivity index (χ3v) is 7.07. The zero-order chi connectivity index (χ0) is 29.5. The maximum Gasteiger partial charge on any atom is 0.305 e. The minimum absolute atomic E-state index is 0.0463. The minimum Gasteiger partial charge on any atom is -0.481 e. The van der Waals surface area contributed by atoms with Gasteiger partial charge >= 0.3 is 11.9 Å². The van der Waals surface area contributed by atoms with Crippen LogP contribution in [0.2, 0.25) is 0 Å². The van der Waals surface area contributed by atoms with Crippen LogP contribution in [0.3, 0.4) is 0 Å². The van der Waals surface area contributed by atoms with Crippen molar-refractivity contribution in [1.29, 1.82) is 5.26 Å². The van der Waals surface area contributed by atoms with Crippen molar-refractivity contribution in [2.24, 2.45) is 4.99 Å². The largest absolute Gasteiger partial charge is 0.481 e. The van der Waals surface area contributed by atoms with Gasteiger partial charge in [-0.25, -0.2) is 0 Å². The molecule has 0 unspecified atom stereocenters. The second-order valence-electron chi connectivity index (χ2n) is 10.7. The van der Waals surface area contributed by atoms with Crippen LogP contribution in [0.15, 0.2) is 4.99 Å².